The molecule has 0 aromatic carbocycles. The van der Waals surface area contributed by atoms with Crippen LogP contribution in [0.15, 0.2) is 6.20 Å². The van der Waals surface area contributed by atoms with Crippen LogP contribution in [0.25, 0.3) is 0 Å². The van der Waals surface area contributed by atoms with Gasteiger partial charge in [0.05, 0.1) is 11.9 Å². The van der Waals surface area contributed by atoms with E-state index in [1.807, 2.05) is 13.8 Å². The number of ether oxygens (including phenoxy) is 1. The van der Waals surface area contributed by atoms with E-state index >= 15 is 0 Å². The van der Waals surface area contributed by atoms with Crippen LogP contribution in [0.3, 0.4) is 0 Å². The summed E-state index contributed by atoms with van der Waals surface area (Å²) in [5.41, 5.74) is 0.483. The zero-order valence-corrected chi connectivity index (χ0v) is 12.4. The lowest BCUT2D eigenvalue weighted by atomic mass is 10.2. The van der Waals surface area contributed by atoms with Crippen molar-refractivity contribution in [2.75, 3.05) is 0 Å². The first kappa shape index (κ1) is 16.0. The highest BCUT2D eigenvalue weighted by Gasteiger charge is 2.38. The van der Waals surface area contributed by atoms with Gasteiger partial charge in [-0.05, 0) is 19.8 Å². The summed E-state index contributed by atoms with van der Waals surface area (Å²) in [4.78, 5) is 8.43. The Hall–Kier alpha value is -1.37. The van der Waals surface area contributed by atoms with Crippen molar-refractivity contribution in [3.63, 3.8) is 0 Å². The maximum absolute atomic E-state index is 12.6. The lowest BCUT2D eigenvalue weighted by molar-refractivity contribution is -0.189. The molecule has 1 aliphatic rings. The summed E-state index contributed by atoms with van der Waals surface area (Å²) in [5.74, 6) is 0.811. The third kappa shape index (κ3) is 4.56. The van der Waals surface area contributed by atoms with Crippen molar-refractivity contribution in [1.82, 2.24) is 15.3 Å². The average molecular weight is 303 g/mol. The minimum absolute atomic E-state index is 0.0948. The lowest BCUT2D eigenvalue weighted by Crippen LogP contribution is -2.32. The van der Waals surface area contributed by atoms with Gasteiger partial charge >= 0.3 is 6.18 Å². The fraction of sp³-hybridized carbons (Fsp3) is 0.714. The first-order valence-electron chi connectivity index (χ1n) is 7.10. The molecule has 1 aromatic heterocycles. The number of alkyl halides is 3. The van der Waals surface area contributed by atoms with Crippen molar-refractivity contribution in [1.29, 1.82) is 0 Å². The van der Waals surface area contributed by atoms with Crippen LogP contribution < -0.4 is 10.1 Å². The Balaban J connectivity index is 2.16. The van der Waals surface area contributed by atoms with E-state index in [1.54, 1.807) is 0 Å². The van der Waals surface area contributed by atoms with Crippen molar-refractivity contribution in [2.45, 2.75) is 64.4 Å². The van der Waals surface area contributed by atoms with Gasteiger partial charge in [-0.15, -0.1) is 0 Å². The van der Waals surface area contributed by atoms with Crippen molar-refractivity contribution < 1.29 is 17.9 Å². The molecule has 21 heavy (non-hydrogen) atoms. The SMILES string of the molecule is CC(C)c1ncc(OC(C)C(F)(F)F)c(CNC2CC2)n1. The van der Waals surface area contributed by atoms with E-state index in [4.69, 9.17) is 4.74 Å². The molecule has 1 saturated carbocycles. The van der Waals surface area contributed by atoms with Crippen molar-refractivity contribution in [3.05, 3.63) is 17.7 Å². The number of hydrogen-bond acceptors (Lipinski definition) is 4. The summed E-state index contributed by atoms with van der Waals surface area (Å²) in [7, 11) is 0. The van der Waals surface area contributed by atoms with Gasteiger partial charge in [0.25, 0.3) is 0 Å². The molecule has 0 aliphatic heterocycles. The van der Waals surface area contributed by atoms with Crippen LogP contribution in [0.2, 0.25) is 0 Å². The third-order valence-electron chi connectivity index (χ3n) is 3.26. The lowest BCUT2D eigenvalue weighted by Gasteiger charge is -2.20. The molecule has 1 atom stereocenters. The first-order valence-corrected chi connectivity index (χ1v) is 7.10. The summed E-state index contributed by atoms with van der Waals surface area (Å²) in [6.45, 7) is 5.25. The van der Waals surface area contributed by atoms with E-state index in [-0.39, 0.29) is 11.7 Å². The molecule has 0 saturated heterocycles. The fourth-order valence-corrected chi connectivity index (χ4v) is 1.71. The monoisotopic (exact) mass is 303 g/mol. The molecule has 4 nitrogen and oxygen atoms in total. The highest BCUT2D eigenvalue weighted by molar-refractivity contribution is 5.26. The molecule has 0 bridgehead atoms. The molecule has 2 rings (SSSR count). The molecule has 0 spiro atoms. The molecular formula is C14H20F3N3O. The Bertz CT molecular complexity index is 487. The number of hydrogen-bond donors (Lipinski definition) is 1. The molecule has 1 unspecified atom stereocenters. The van der Waals surface area contributed by atoms with E-state index < -0.39 is 12.3 Å². The summed E-state index contributed by atoms with van der Waals surface area (Å²) in [6, 6.07) is 0.440. The number of rotatable bonds is 6. The van der Waals surface area contributed by atoms with E-state index in [0.717, 1.165) is 19.8 Å². The predicted molar refractivity (Wildman–Crippen MR) is 72.1 cm³/mol. The van der Waals surface area contributed by atoms with Gasteiger partial charge in [0.15, 0.2) is 11.9 Å². The molecule has 0 amide bonds. The summed E-state index contributed by atoms with van der Waals surface area (Å²) in [5, 5.41) is 3.24. The standard InChI is InChI=1S/C14H20F3N3O/c1-8(2)13-19-7-12(21-9(3)14(15,16)17)11(20-13)6-18-10-4-5-10/h7-10,18H,4-6H2,1-3H3. The van der Waals surface area contributed by atoms with Crippen molar-refractivity contribution in [2.24, 2.45) is 0 Å². The smallest absolute Gasteiger partial charge is 0.425 e. The average Bonchev–Trinajstić information content (AvgIpc) is 3.20. The number of nitrogens with zero attached hydrogens (tertiary/aromatic N) is 2. The van der Waals surface area contributed by atoms with Gasteiger partial charge in [0, 0.05) is 18.5 Å². The van der Waals surface area contributed by atoms with Gasteiger partial charge in [-0.25, -0.2) is 9.97 Å². The molecule has 1 aromatic rings. The highest BCUT2D eigenvalue weighted by Crippen LogP contribution is 2.27. The third-order valence-corrected chi connectivity index (χ3v) is 3.26. The van der Waals surface area contributed by atoms with E-state index in [9.17, 15) is 13.2 Å². The van der Waals surface area contributed by atoms with Gasteiger partial charge < -0.3 is 10.1 Å². The number of aromatic nitrogens is 2. The molecular weight excluding hydrogens is 283 g/mol. The van der Waals surface area contributed by atoms with Gasteiger partial charge in [0.1, 0.15) is 5.82 Å². The fourth-order valence-electron chi connectivity index (χ4n) is 1.71. The van der Waals surface area contributed by atoms with Gasteiger partial charge in [-0.3, -0.25) is 0 Å². The number of halogens is 3. The Labute approximate surface area is 122 Å². The van der Waals surface area contributed by atoms with Gasteiger partial charge in [-0.2, -0.15) is 13.2 Å². The second-order valence-corrected chi connectivity index (χ2v) is 5.65. The molecule has 1 N–H and O–H groups in total. The summed E-state index contributed by atoms with van der Waals surface area (Å²) in [6.07, 6.45) is -2.76. The van der Waals surface area contributed by atoms with Crippen LogP contribution >= 0.6 is 0 Å². The zero-order valence-electron chi connectivity index (χ0n) is 12.4. The van der Waals surface area contributed by atoms with Crippen LogP contribution in [0.4, 0.5) is 13.2 Å². The summed E-state index contributed by atoms with van der Waals surface area (Å²) < 4.78 is 42.9. The van der Waals surface area contributed by atoms with Crippen molar-refractivity contribution >= 4 is 0 Å². The second kappa shape index (κ2) is 6.17. The summed E-state index contributed by atoms with van der Waals surface area (Å²) >= 11 is 0. The molecule has 1 heterocycles. The molecule has 118 valence electrons. The Morgan fingerprint density at radius 3 is 2.52 bits per heavy atom. The quantitative estimate of drug-likeness (QED) is 0.877. The maximum atomic E-state index is 12.6. The normalized spacial score (nSPS) is 17.1. The van der Waals surface area contributed by atoms with E-state index in [0.29, 0.717) is 24.1 Å². The minimum Gasteiger partial charge on any atom is -0.478 e. The second-order valence-electron chi connectivity index (χ2n) is 5.65. The largest absolute Gasteiger partial charge is 0.478 e. The van der Waals surface area contributed by atoms with Crippen LogP contribution in [0.1, 0.15) is 51.0 Å². The number of nitrogens with one attached hydrogen (secondary N) is 1. The van der Waals surface area contributed by atoms with Crippen LogP contribution in [-0.4, -0.2) is 28.3 Å². The topological polar surface area (TPSA) is 47.0 Å². The van der Waals surface area contributed by atoms with Crippen LogP contribution in [-0.2, 0) is 6.54 Å². The van der Waals surface area contributed by atoms with Crippen molar-refractivity contribution in [3.8, 4) is 5.75 Å². The predicted octanol–water partition coefficient (Wildman–Crippen LogP) is 3.18. The molecule has 1 fully saturated rings. The Morgan fingerprint density at radius 2 is 2.00 bits per heavy atom. The van der Waals surface area contributed by atoms with Gasteiger partial charge in [0.2, 0.25) is 0 Å². The van der Waals surface area contributed by atoms with Crippen LogP contribution in [0, 0.1) is 0 Å². The van der Waals surface area contributed by atoms with E-state index in [1.165, 1.54) is 6.20 Å². The Morgan fingerprint density at radius 1 is 1.33 bits per heavy atom. The molecule has 7 heteroatoms. The minimum atomic E-state index is -4.40. The zero-order chi connectivity index (χ0) is 15.6. The van der Waals surface area contributed by atoms with E-state index in [2.05, 4.69) is 15.3 Å². The highest BCUT2D eigenvalue weighted by atomic mass is 19.4. The molecule has 1 aliphatic carbocycles. The maximum Gasteiger partial charge on any atom is 0.425 e. The Kier molecular flexibility index (Phi) is 4.70. The molecule has 0 radical (unpaired) electrons. The van der Waals surface area contributed by atoms with Gasteiger partial charge in [-0.1, -0.05) is 13.8 Å². The van der Waals surface area contributed by atoms with Crippen LogP contribution in [0.5, 0.6) is 5.75 Å². The first-order chi connectivity index (χ1) is 9.77.